The van der Waals surface area contributed by atoms with Gasteiger partial charge in [-0.2, -0.15) is 0 Å². The largest absolute Gasteiger partial charge is 0.463 e. The van der Waals surface area contributed by atoms with Gasteiger partial charge in [-0.15, -0.1) is 11.3 Å². The van der Waals surface area contributed by atoms with Gasteiger partial charge in [0.15, 0.2) is 5.84 Å². The van der Waals surface area contributed by atoms with E-state index in [9.17, 15) is 14.0 Å². The van der Waals surface area contributed by atoms with Crippen molar-refractivity contribution in [3.05, 3.63) is 62.0 Å². The Bertz CT molecular complexity index is 1050. The van der Waals surface area contributed by atoms with Gasteiger partial charge >= 0.3 is 5.97 Å². The van der Waals surface area contributed by atoms with Gasteiger partial charge in [-0.25, -0.2) is 14.2 Å². The summed E-state index contributed by atoms with van der Waals surface area (Å²) in [5.74, 6) is -1.13. The van der Waals surface area contributed by atoms with Crippen LogP contribution in [0.15, 0.2) is 39.8 Å². The second-order valence-corrected chi connectivity index (χ2v) is 7.82. The van der Waals surface area contributed by atoms with E-state index >= 15 is 0 Å². The number of amides is 1. The van der Waals surface area contributed by atoms with Crippen LogP contribution in [0.4, 0.5) is 4.39 Å². The normalized spacial score (nSPS) is 16.7. The first-order valence-electron chi connectivity index (χ1n) is 8.88. The number of aryl methyl sites for hydroxylation is 1. The highest BCUT2D eigenvalue weighted by Crippen LogP contribution is 2.39. The van der Waals surface area contributed by atoms with E-state index in [4.69, 9.17) is 16.3 Å². The maximum Gasteiger partial charge on any atom is 0.338 e. The summed E-state index contributed by atoms with van der Waals surface area (Å²) in [6.07, 6.45) is 0. The predicted molar refractivity (Wildman–Crippen MR) is 109 cm³/mol. The Labute approximate surface area is 176 Å². The number of allylic oxidation sites excluding steroid dienone is 1. The maximum absolute atomic E-state index is 13.6. The van der Waals surface area contributed by atoms with E-state index in [2.05, 4.69) is 9.98 Å². The number of benzene rings is 1. The van der Waals surface area contributed by atoms with Crippen molar-refractivity contribution in [1.82, 2.24) is 9.88 Å². The molecule has 0 bridgehead atoms. The van der Waals surface area contributed by atoms with Gasteiger partial charge in [0.05, 0.1) is 17.2 Å². The van der Waals surface area contributed by atoms with E-state index < -0.39 is 17.8 Å². The molecule has 29 heavy (non-hydrogen) atoms. The molecule has 0 spiro atoms. The zero-order valence-corrected chi connectivity index (χ0v) is 17.9. The summed E-state index contributed by atoms with van der Waals surface area (Å²) >= 11 is 7.69. The minimum absolute atomic E-state index is 0.124. The molecule has 1 aliphatic heterocycles. The van der Waals surface area contributed by atoms with Crippen LogP contribution >= 0.6 is 22.9 Å². The molecule has 2 aromatic rings. The van der Waals surface area contributed by atoms with Crippen LogP contribution in [0.25, 0.3) is 0 Å². The molecule has 0 N–H and O–H groups in total. The van der Waals surface area contributed by atoms with Gasteiger partial charge in [0.25, 0.3) is 0 Å². The van der Waals surface area contributed by atoms with Crippen LogP contribution in [-0.4, -0.2) is 34.2 Å². The van der Waals surface area contributed by atoms with Crippen molar-refractivity contribution >= 4 is 40.6 Å². The molecule has 0 radical (unpaired) electrons. The molecule has 0 aliphatic carbocycles. The summed E-state index contributed by atoms with van der Waals surface area (Å²) in [6.45, 7) is 6.71. The summed E-state index contributed by atoms with van der Waals surface area (Å²) in [4.78, 5) is 35.6. The maximum atomic E-state index is 13.6. The highest BCUT2D eigenvalue weighted by molar-refractivity contribution is 7.09. The van der Waals surface area contributed by atoms with Gasteiger partial charge in [-0.3, -0.25) is 14.7 Å². The molecule has 1 atom stereocenters. The monoisotopic (exact) mass is 435 g/mol. The number of hydrogen-bond donors (Lipinski definition) is 0. The van der Waals surface area contributed by atoms with Crippen LogP contribution in [0.2, 0.25) is 5.02 Å². The Morgan fingerprint density at radius 1 is 1.34 bits per heavy atom. The van der Waals surface area contributed by atoms with E-state index in [1.165, 1.54) is 35.3 Å². The third-order valence-electron chi connectivity index (χ3n) is 4.38. The van der Waals surface area contributed by atoms with Crippen molar-refractivity contribution < 1.29 is 18.7 Å². The number of rotatable bonds is 4. The first kappa shape index (κ1) is 21.1. The van der Waals surface area contributed by atoms with E-state index in [-0.39, 0.29) is 23.1 Å². The topological polar surface area (TPSA) is 71.9 Å². The fourth-order valence-electron chi connectivity index (χ4n) is 3.17. The van der Waals surface area contributed by atoms with E-state index in [0.29, 0.717) is 22.8 Å². The second-order valence-electron chi connectivity index (χ2n) is 6.35. The summed E-state index contributed by atoms with van der Waals surface area (Å²) < 4.78 is 18.8. The van der Waals surface area contributed by atoms with Crippen LogP contribution in [-0.2, 0) is 14.3 Å². The van der Waals surface area contributed by atoms with Gasteiger partial charge in [-0.1, -0.05) is 17.7 Å². The van der Waals surface area contributed by atoms with Crippen LogP contribution in [0.3, 0.4) is 0 Å². The quantitative estimate of drug-likeness (QED) is 0.666. The molecule has 0 saturated carbocycles. The fraction of sp³-hybridized carbons (Fsp3) is 0.300. The van der Waals surface area contributed by atoms with Gasteiger partial charge in [-0.05, 0) is 32.9 Å². The number of nitrogens with zero attached hydrogens (tertiary/aromatic N) is 3. The van der Waals surface area contributed by atoms with Crippen LogP contribution in [0.1, 0.15) is 43.1 Å². The number of aliphatic imine (C=N–C) groups is 1. The number of carbonyl (C=O) groups is 2. The van der Waals surface area contributed by atoms with E-state index in [1.807, 2.05) is 6.92 Å². The number of amidine groups is 1. The van der Waals surface area contributed by atoms with Crippen molar-refractivity contribution in [2.45, 2.75) is 33.7 Å². The minimum atomic E-state index is -0.866. The van der Waals surface area contributed by atoms with Crippen molar-refractivity contribution in [2.75, 3.05) is 6.61 Å². The van der Waals surface area contributed by atoms with Crippen molar-refractivity contribution in [3.63, 3.8) is 0 Å². The van der Waals surface area contributed by atoms with Crippen molar-refractivity contribution in [2.24, 2.45) is 4.99 Å². The molecule has 1 aromatic carbocycles. The van der Waals surface area contributed by atoms with Gasteiger partial charge in [0.2, 0.25) is 5.91 Å². The smallest absolute Gasteiger partial charge is 0.338 e. The Hall–Kier alpha value is -2.58. The number of thiazole rings is 1. The average Bonchev–Trinajstić information content (AvgIpc) is 3.07. The summed E-state index contributed by atoms with van der Waals surface area (Å²) in [6, 6.07) is 3.02. The summed E-state index contributed by atoms with van der Waals surface area (Å²) in [5, 5.41) is 2.72. The molecule has 1 amide bonds. The molecule has 3 rings (SSSR count). The number of esters is 1. The molecular weight excluding hydrogens is 417 g/mol. The SMILES string of the molecule is CCOC(=O)C1=C(C)N(C(C)=O)C(c2csc(C)n2)=NC1c1ccc(F)cc1Cl. The number of ether oxygens (including phenoxy) is 1. The third-order valence-corrected chi connectivity index (χ3v) is 5.48. The Balaban J connectivity index is 2.26. The van der Waals surface area contributed by atoms with E-state index in [1.54, 1.807) is 19.2 Å². The average molecular weight is 436 g/mol. The zero-order valence-electron chi connectivity index (χ0n) is 16.3. The van der Waals surface area contributed by atoms with Crippen LogP contribution in [0, 0.1) is 12.7 Å². The highest BCUT2D eigenvalue weighted by atomic mass is 35.5. The number of aromatic nitrogens is 1. The molecule has 1 aliphatic rings. The number of halogens is 2. The Morgan fingerprint density at radius 2 is 2.07 bits per heavy atom. The Kier molecular flexibility index (Phi) is 6.14. The first-order valence-corrected chi connectivity index (χ1v) is 10.1. The van der Waals surface area contributed by atoms with Gasteiger partial charge in [0, 0.05) is 28.6 Å². The van der Waals surface area contributed by atoms with E-state index in [0.717, 1.165) is 11.1 Å². The van der Waals surface area contributed by atoms with Crippen molar-refractivity contribution in [1.29, 1.82) is 0 Å². The molecule has 0 saturated heterocycles. The lowest BCUT2D eigenvalue weighted by Crippen LogP contribution is -2.40. The van der Waals surface area contributed by atoms with Crippen LogP contribution in [0.5, 0.6) is 0 Å². The fourth-order valence-corrected chi connectivity index (χ4v) is 4.03. The lowest BCUT2D eigenvalue weighted by molar-refractivity contribution is -0.139. The first-order chi connectivity index (χ1) is 13.7. The van der Waals surface area contributed by atoms with Crippen LogP contribution < -0.4 is 0 Å². The molecule has 1 aromatic heterocycles. The van der Waals surface area contributed by atoms with Crippen molar-refractivity contribution in [3.8, 4) is 0 Å². The highest BCUT2D eigenvalue weighted by Gasteiger charge is 2.37. The minimum Gasteiger partial charge on any atom is -0.463 e. The standard InChI is InChI=1S/C20H19ClFN3O3S/c1-5-28-20(27)17-10(2)25(12(4)26)19(16-9-29-11(3)23-16)24-18(17)14-7-6-13(22)8-15(14)21/h6-9,18H,5H2,1-4H3. The zero-order chi connectivity index (χ0) is 21.3. The second kappa shape index (κ2) is 8.42. The Morgan fingerprint density at radius 3 is 2.62 bits per heavy atom. The molecular formula is C20H19ClFN3O3S. The summed E-state index contributed by atoms with van der Waals surface area (Å²) in [7, 11) is 0. The molecule has 152 valence electrons. The lowest BCUT2D eigenvalue weighted by atomic mass is 9.94. The number of carbonyl (C=O) groups excluding carboxylic acids is 2. The van der Waals surface area contributed by atoms with Gasteiger partial charge in [0.1, 0.15) is 17.6 Å². The third kappa shape index (κ3) is 4.09. The molecule has 0 fully saturated rings. The molecule has 1 unspecified atom stereocenters. The molecule has 9 heteroatoms. The molecule has 6 nitrogen and oxygen atoms in total. The lowest BCUT2D eigenvalue weighted by Gasteiger charge is -2.32. The number of hydrogen-bond acceptors (Lipinski definition) is 6. The predicted octanol–water partition coefficient (Wildman–Crippen LogP) is 4.43. The van der Waals surface area contributed by atoms with Gasteiger partial charge < -0.3 is 4.74 Å². The molecule has 2 heterocycles. The summed E-state index contributed by atoms with van der Waals surface area (Å²) in [5.41, 5.74) is 1.49.